The van der Waals surface area contributed by atoms with E-state index in [1.54, 1.807) is 13.0 Å². The largest absolute Gasteiger partial charge is 0.457 e. The molecule has 0 amide bonds. The second kappa shape index (κ2) is 5.42. The minimum absolute atomic E-state index is 0.561. The highest BCUT2D eigenvalue weighted by molar-refractivity contribution is 6.31. The van der Waals surface area contributed by atoms with E-state index in [2.05, 4.69) is 0 Å². The monoisotopic (exact) mass is 262 g/mol. The summed E-state index contributed by atoms with van der Waals surface area (Å²) in [6.45, 7) is 3.64. The molecule has 3 heteroatoms. The molecule has 0 aliphatic heterocycles. The predicted molar refractivity (Wildman–Crippen MR) is 73.3 cm³/mol. The lowest BCUT2D eigenvalue weighted by molar-refractivity contribution is 0.195. The van der Waals surface area contributed by atoms with Crippen LogP contribution in [-0.4, -0.2) is 5.11 Å². The molecular formula is C15H15ClO2. The Balaban J connectivity index is 2.31. The molecule has 1 N–H and O–H groups in total. The van der Waals surface area contributed by atoms with Crippen molar-refractivity contribution >= 4 is 11.6 Å². The van der Waals surface area contributed by atoms with Crippen LogP contribution in [0.4, 0.5) is 0 Å². The first-order chi connectivity index (χ1) is 8.58. The van der Waals surface area contributed by atoms with Gasteiger partial charge in [0.2, 0.25) is 0 Å². The van der Waals surface area contributed by atoms with Crippen LogP contribution in [-0.2, 0) is 0 Å². The first kappa shape index (κ1) is 12.9. The number of aryl methyl sites for hydroxylation is 1. The van der Waals surface area contributed by atoms with E-state index >= 15 is 0 Å². The van der Waals surface area contributed by atoms with Crippen LogP contribution in [0, 0.1) is 6.92 Å². The van der Waals surface area contributed by atoms with Gasteiger partial charge >= 0.3 is 0 Å². The summed E-state index contributed by atoms with van der Waals surface area (Å²) in [6.07, 6.45) is -0.561. The predicted octanol–water partition coefficient (Wildman–Crippen LogP) is 4.49. The second-order valence-corrected chi connectivity index (χ2v) is 4.63. The first-order valence-corrected chi connectivity index (χ1v) is 6.16. The maximum atomic E-state index is 9.68. The molecule has 0 heterocycles. The molecule has 0 fully saturated rings. The van der Waals surface area contributed by atoms with Gasteiger partial charge in [0.25, 0.3) is 0 Å². The summed E-state index contributed by atoms with van der Waals surface area (Å²) in [5.41, 5.74) is 1.73. The van der Waals surface area contributed by atoms with Crippen LogP contribution < -0.4 is 4.74 Å². The Morgan fingerprint density at radius 2 is 1.89 bits per heavy atom. The van der Waals surface area contributed by atoms with Crippen LogP contribution >= 0.6 is 11.6 Å². The van der Waals surface area contributed by atoms with Crippen LogP contribution in [0.15, 0.2) is 42.5 Å². The van der Waals surface area contributed by atoms with Crippen molar-refractivity contribution in [2.45, 2.75) is 20.0 Å². The molecule has 1 unspecified atom stereocenters. The highest BCUT2D eigenvalue weighted by atomic mass is 35.5. The zero-order chi connectivity index (χ0) is 13.1. The smallest absolute Gasteiger partial charge is 0.133 e. The highest BCUT2D eigenvalue weighted by Crippen LogP contribution is 2.30. The fraction of sp³-hybridized carbons (Fsp3) is 0.200. The van der Waals surface area contributed by atoms with Crippen molar-refractivity contribution in [2.75, 3.05) is 0 Å². The van der Waals surface area contributed by atoms with Gasteiger partial charge in [-0.2, -0.15) is 0 Å². The van der Waals surface area contributed by atoms with Crippen LogP contribution in [0.25, 0.3) is 0 Å². The molecule has 2 rings (SSSR count). The number of benzene rings is 2. The third-order valence-electron chi connectivity index (χ3n) is 2.73. The Kier molecular flexibility index (Phi) is 3.90. The standard InChI is InChI=1S/C15H15ClO2/c1-10-9-12(7-8-14(10)16)18-15-6-4-3-5-13(15)11(2)17/h3-9,11,17H,1-2H3. The molecule has 1 atom stereocenters. The summed E-state index contributed by atoms with van der Waals surface area (Å²) < 4.78 is 5.79. The van der Waals surface area contributed by atoms with Crippen molar-refractivity contribution in [3.05, 3.63) is 58.6 Å². The minimum Gasteiger partial charge on any atom is -0.457 e. The van der Waals surface area contributed by atoms with E-state index in [0.717, 1.165) is 11.1 Å². The maximum Gasteiger partial charge on any atom is 0.133 e. The quantitative estimate of drug-likeness (QED) is 0.883. The number of aliphatic hydroxyl groups is 1. The van der Waals surface area contributed by atoms with Crippen LogP contribution in [0.5, 0.6) is 11.5 Å². The van der Waals surface area contributed by atoms with Crippen molar-refractivity contribution in [3.63, 3.8) is 0 Å². The zero-order valence-corrected chi connectivity index (χ0v) is 11.1. The molecule has 0 aliphatic carbocycles. The van der Waals surface area contributed by atoms with Gasteiger partial charge in [0.1, 0.15) is 11.5 Å². The molecule has 0 spiro atoms. The van der Waals surface area contributed by atoms with E-state index in [0.29, 0.717) is 16.5 Å². The van der Waals surface area contributed by atoms with E-state index < -0.39 is 6.10 Å². The Morgan fingerprint density at radius 3 is 2.56 bits per heavy atom. The number of ether oxygens (including phenoxy) is 1. The minimum atomic E-state index is -0.561. The Hall–Kier alpha value is -1.51. The van der Waals surface area contributed by atoms with Crippen molar-refractivity contribution in [1.82, 2.24) is 0 Å². The number of halogens is 1. The molecule has 0 aliphatic rings. The Bertz CT molecular complexity index is 550. The van der Waals surface area contributed by atoms with Crippen molar-refractivity contribution in [3.8, 4) is 11.5 Å². The summed E-state index contributed by atoms with van der Waals surface area (Å²) in [5, 5.41) is 10.4. The molecule has 0 saturated heterocycles. The lowest BCUT2D eigenvalue weighted by atomic mass is 10.1. The van der Waals surface area contributed by atoms with Gasteiger partial charge in [-0.1, -0.05) is 29.8 Å². The van der Waals surface area contributed by atoms with E-state index in [1.807, 2.05) is 43.3 Å². The number of hydrogen-bond acceptors (Lipinski definition) is 2. The van der Waals surface area contributed by atoms with Gasteiger partial charge in [-0.3, -0.25) is 0 Å². The van der Waals surface area contributed by atoms with Gasteiger partial charge in [0, 0.05) is 10.6 Å². The SMILES string of the molecule is Cc1cc(Oc2ccccc2C(C)O)ccc1Cl. The average Bonchev–Trinajstić information content (AvgIpc) is 2.34. The van der Waals surface area contributed by atoms with E-state index in [1.165, 1.54) is 0 Å². The fourth-order valence-electron chi connectivity index (χ4n) is 1.73. The molecule has 0 aromatic heterocycles. The number of para-hydroxylation sites is 1. The molecule has 0 saturated carbocycles. The summed E-state index contributed by atoms with van der Waals surface area (Å²) >= 11 is 5.97. The van der Waals surface area contributed by atoms with Gasteiger partial charge in [-0.25, -0.2) is 0 Å². The summed E-state index contributed by atoms with van der Waals surface area (Å²) in [7, 11) is 0. The Labute approximate surface area is 112 Å². The average molecular weight is 263 g/mol. The second-order valence-electron chi connectivity index (χ2n) is 4.23. The van der Waals surface area contributed by atoms with E-state index in [4.69, 9.17) is 16.3 Å². The van der Waals surface area contributed by atoms with Gasteiger partial charge in [-0.15, -0.1) is 0 Å². The lowest BCUT2D eigenvalue weighted by Crippen LogP contribution is -1.95. The van der Waals surface area contributed by atoms with Crippen LogP contribution in [0.1, 0.15) is 24.2 Å². The van der Waals surface area contributed by atoms with Crippen LogP contribution in [0.2, 0.25) is 5.02 Å². The molecule has 2 nitrogen and oxygen atoms in total. The van der Waals surface area contributed by atoms with Gasteiger partial charge in [-0.05, 0) is 43.7 Å². The van der Waals surface area contributed by atoms with Gasteiger partial charge < -0.3 is 9.84 Å². The highest BCUT2D eigenvalue weighted by Gasteiger charge is 2.09. The lowest BCUT2D eigenvalue weighted by Gasteiger charge is -2.13. The number of rotatable bonds is 3. The van der Waals surface area contributed by atoms with Crippen molar-refractivity contribution < 1.29 is 9.84 Å². The zero-order valence-electron chi connectivity index (χ0n) is 10.4. The molecule has 2 aromatic carbocycles. The molecule has 0 radical (unpaired) electrons. The van der Waals surface area contributed by atoms with Crippen LogP contribution in [0.3, 0.4) is 0 Å². The maximum absolute atomic E-state index is 9.68. The molecule has 18 heavy (non-hydrogen) atoms. The molecule has 94 valence electrons. The number of aliphatic hydroxyl groups excluding tert-OH is 1. The van der Waals surface area contributed by atoms with E-state index in [-0.39, 0.29) is 0 Å². The summed E-state index contributed by atoms with van der Waals surface area (Å²) in [5.74, 6) is 1.37. The third-order valence-corrected chi connectivity index (χ3v) is 3.15. The Morgan fingerprint density at radius 1 is 1.17 bits per heavy atom. The third kappa shape index (κ3) is 2.84. The van der Waals surface area contributed by atoms with Gasteiger partial charge in [0.15, 0.2) is 0 Å². The fourth-order valence-corrected chi connectivity index (χ4v) is 1.84. The molecular weight excluding hydrogens is 248 g/mol. The van der Waals surface area contributed by atoms with Crippen molar-refractivity contribution in [1.29, 1.82) is 0 Å². The first-order valence-electron chi connectivity index (χ1n) is 5.79. The summed E-state index contributed by atoms with van der Waals surface area (Å²) in [4.78, 5) is 0. The van der Waals surface area contributed by atoms with E-state index in [9.17, 15) is 5.11 Å². The van der Waals surface area contributed by atoms with Crippen molar-refractivity contribution in [2.24, 2.45) is 0 Å². The normalized spacial score (nSPS) is 12.2. The summed E-state index contributed by atoms with van der Waals surface area (Å²) in [6, 6.07) is 12.9. The topological polar surface area (TPSA) is 29.5 Å². The van der Waals surface area contributed by atoms with Gasteiger partial charge in [0.05, 0.1) is 6.10 Å². The number of hydrogen-bond donors (Lipinski definition) is 1. The molecule has 0 bridgehead atoms. The molecule has 2 aromatic rings.